The molecule has 0 aromatic carbocycles. The summed E-state index contributed by atoms with van der Waals surface area (Å²) in [6.07, 6.45) is -12.8. The van der Waals surface area contributed by atoms with E-state index in [1.54, 1.807) is 6.08 Å². The Hall–Kier alpha value is -3.05. The molecule has 36 heteroatoms. The second-order valence-electron chi connectivity index (χ2n) is 32.8. The summed E-state index contributed by atoms with van der Waals surface area (Å²) in [7, 11) is 0. The number of carbonyl (C=O) groups is 3. The highest BCUT2D eigenvalue weighted by Gasteiger charge is 2.58. The Kier molecular flexibility index (Phi) is 50.0. The second kappa shape index (κ2) is 56.8. The lowest BCUT2D eigenvalue weighted by atomic mass is 9.94. The number of aliphatic hydroxyl groups is 18. The van der Waals surface area contributed by atoms with E-state index in [9.17, 15) is 106 Å². The van der Waals surface area contributed by atoms with Crippen LogP contribution in [0.4, 0.5) is 0 Å². The van der Waals surface area contributed by atoms with Crippen LogP contribution in [0.3, 0.4) is 0 Å². The van der Waals surface area contributed by atoms with Crippen molar-refractivity contribution < 1.29 is 163 Å². The highest BCUT2D eigenvalue weighted by atomic mass is 16.8. The summed E-state index contributed by atoms with van der Waals surface area (Å²) < 4.78 is 71.6. The van der Waals surface area contributed by atoms with Gasteiger partial charge in [0.1, 0.15) is 146 Å². The number of amides is 3. The maximum absolute atomic E-state index is 13.7. The average Bonchev–Trinajstić information content (AvgIpc) is 0.736. The van der Waals surface area contributed by atoms with Crippen LogP contribution in [0.1, 0.15) is 246 Å². The van der Waals surface area contributed by atoms with Crippen LogP contribution >= 0.6 is 0 Å². The van der Waals surface area contributed by atoms with Gasteiger partial charge >= 0.3 is 0 Å². The van der Waals surface area contributed by atoms with Crippen molar-refractivity contribution in [1.82, 2.24) is 16.0 Å². The first-order valence-corrected chi connectivity index (χ1v) is 44.0. The van der Waals surface area contributed by atoms with E-state index in [2.05, 4.69) is 29.8 Å². The number of aliphatic hydroxyl groups excluding tert-OH is 18. The van der Waals surface area contributed by atoms with Gasteiger partial charge in [-0.15, -0.1) is 0 Å². The standard InChI is InChI=1S/C82H149N3O33/c1-5-7-9-11-13-15-17-19-20-21-22-23-24-25-26-28-30-32-34-36-38-40-58(94)85-50(51(93)39-37-35-33-31-29-27-18-16-14-12-10-8-6-2)46-107-79-71(105)68(102)75(56(45-90)113-79)117-82-72(106)76(118-78-60(84-49(4)92)65(99)74(55(44-89)112-78)116-81-70(104)67(101)62(96)53(42-87)110-81)63(97)57(114-82)47-108-77-59(83-48(3)91)64(98)73(54(43-88)111-77)115-80-69(103)66(100)61(95)52(41-86)109-80/h37,39,50-57,59-82,86-90,93,95-106H,5-36,38,40-47H2,1-4H3,(H,83,91)(H,84,92)(H,85,94)/b39-37+/t50-,51+,52?,53?,54?,55?,56?,57?,59?,60?,61-,62-,63-,64+,65+,66-,67-,68+,69?,70?,71?,72?,73+,74+,75+,76-,77+,78-,79+,80-,81-,82-/m0/s1. The summed E-state index contributed by atoms with van der Waals surface area (Å²) in [5.41, 5.74) is 0. The first-order chi connectivity index (χ1) is 56.8. The van der Waals surface area contributed by atoms with Crippen molar-refractivity contribution in [2.45, 2.75) is 442 Å². The van der Waals surface area contributed by atoms with E-state index in [1.807, 2.05) is 6.08 Å². The van der Waals surface area contributed by atoms with E-state index in [0.29, 0.717) is 12.8 Å². The van der Waals surface area contributed by atoms with Crippen molar-refractivity contribution in [2.24, 2.45) is 0 Å². The molecule has 12 unspecified atom stereocenters. The number of hydrogen-bond acceptors (Lipinski definition) is 33. The monoisotopic (exact) mass is 1700 g/mol. The highest BCUT2D eigenvalue weighted by Crippen LogP contribution is 2.37. The fourth-order valence-electron chi connectivity index (χ4n) is 16.1. The van der Waals surface area contributed by atoms with Crippen molar-refractivity contribution in [1.29, 1.82) is 0 Å². The van der Waals surface area contributed by atoms with Crippen LogP contribution in [0, 0.1) is 0 Å². The Morgan fingerprint density at radius 3 is 1.08 bits per heavy atom. The third kappa shape index (κ3) is 33.1. The van der Waals surface area contributed by atoms with E-state index in [1.165, 1.54) is 148 Å². The largest absolute Gasteiger partial charge is 0.394 e. The quantitative estimate of drug-likeness (QED) is 0.0280. The number of carbonyl (C=O) groups excluding carboxylic acids is 3. The molecule has 0 aromatic heterocycles. The average molecular weight is 1710 g/mol. The van der Waals surface area contributed by atoms with Gasteiger partial charge in [0.25, 0.3) is 0 Å². The van der Waals surface area contributed by atoms with Gasteiger partial charge in [-0.25, -0.2) is 0 Å². The SMILES string of the molecule is CCCCCCCCCCCCC/C=C/[C@@H](O)[C@H](CO[C@@H]1OC(CO)[C@@H](O[C@@H]2OC(CO[C@@H]3OC(CO)[C@@H](O[C@@H]4OC(CO)[C@H](O)[C@H](O)C4O)[C@H](O)C3NC(C)=O)[C@H](O)[C@H](O[C@@H]3OC(CO)[C@@H](O[C@@H]4OC(CO)[C@H](O)[C@H](O)C4O)[C@H](O)C3NC(C)=O)C2O)[C@H](O)C1O)NC(=O)CCCCCCCCCCCCCCCCCCCCCCC. The lowest BCUT2D eigenvalue weighted by Crippen LogP contribution is -2.70. The van der Waals surface area contributed by atoms with Gasteiger partial charge in [0, 0.05) is 20.3 Å². The number of unbranched alkanes of at least 4 members (excludes halogenated alkanes) is 31. The Morgan fingerprint density at radius 1 is 0.339 bits per heavy atom. The second-order valence-corrected chi connectivity index (χ2v) is 32.8. The van der Waals surface area contributed by atoms with Crippen molar-refractivity contribution >= 4 is 17.7 Å². The number of hydrogen-bond donors (Lipinski definition) is 21. The molecule has 6 aliphatic heterocycles. The van der Waals surface area contributed by atoms with Gasteiger partial charge in [0.2, 0.25) is 17.7 Å². The van der Waals surface area contributed by atoms with Crippen molar-refractivity contribution in [3.05, 3.63) is 12.2 Å². The number of ether oxygens (including phenoxy) is 12. The molecule has 0 aliphatic carbocycles. The van der Waals surface area contributed by atoms with Crippen LogP contribution in [-0.2, 0) is 71.2 Å². The smallest absolute Gasteiger partial charge is 0.220 e. The van der Waals surface area contributed by atoms with E-state index >= 15 is 0 Å². The molecule has 0 saturated carbocycles. The summed E-state index contributed by atoms with van der Waals surface area (Å²) >= 11 is 0. The minimum absolute atomic E-state index is 0.146. The lowest BCUT2D eigenvalue weighted by Gasteiger charge is -2.50. The molecule has 0 spiro atoms. The summed E-state index contributed by atoms with van der Waals surface area (Å²) in [6.45, 7) is 0.233. The van der Waals surface area contributed by atoms with Gasteiger partial charge in [0.05, 0.1) is 58.4 Å². The maximum Gasteiger partial charge on any atom is 0.220 e. The molecule has 0 bridgehead atoms. The zero-order chi connectivity index (χ0) is 86.2. The molecular formula is C82H149N3O33. The molecule has 6 fully saturated rings. The zero-order valence-electron chi connectivity index (χ0n) is 69.8. The Labute approximate surface area is 694 Å². The van der Waals surface area contributed by atoms with Crippen LogP contribution in [0.2, 0.25) is 0 Å². The van der Waals surface area contributed by atoms with E-state index < -0.39 is 254 Å². The molecule has 3 amide bonds. The Balaban J connectivity index is 1.16. The van der Waals surface area contributed by atoms with Gasteiger partial charge < -0.3 is 165 Å². The highest BCUT2D eigenvalue weighted by molar-refractivity contribution is 5.76. The van der Waals surface area contributed by atoms with E-state index in [-0.39, 0.29) is 12.3 Å². The van der Waals surface area contributed by atoms with Crippen molar-refractivity contribution in [3.63, 3.8) is 0 Å². The van der Waals surface area contributed by atoms with Crippen LogP contribution in [-0.4, -0.2) is 352 Å². The number of rotatable bonds is 58. The predicted octanol–water partition coefficient (Wildman–Crippen LogP) is -0.0834. The first-order valence-electron chi connectivity index (χ1n) is 44.0. The molecule has 6 saturated heterocycles. The van der Waals surface area contributed by atoms with Gasteiger partial charge in [-0.3, -0.25) is 14.4 Å². The molecule has 32 atom stereocenters. The zero-order valence-corrected chi connectivity index (χ0v) is 69.8. The lowest BCUT2D eigenvalue weighted by molar-refractivity contribution is -0.385. The van der Waals surface area contributed by atoms with Gasteiger partial charge in [-0.1, -0.05) is 219 Å². The minimum Gasteiger partial charge on any atom is -0.394 e. The fraction of sp³-hybridized carbons (Fsp3) is 0.939. The number of allylic oxidation sites excluding steroid dienone is 1. The van der Waals surface area contributed by atoms with Crippen LogP contribution in [0.15, 0.2) is 12.2 Å². The minimum atomic E-state index is -2.32. The first kappa shape index (κ1) is 104. The summed E-state index contributed by atoms with van der Waals surface area (Å²) in [5.74, 6) is -2.05. The van der Waals surface area contributed by atoms with Crippen LogP contribution in [0.25, 0.3) is 0 Å². The molecule has 21 N–H and O–H groups in total. The third-order valence-corrected chi connectivity index (χ3v) is 23.2. The van der Waals surface area contributed by atoms with Crippen LogP contribution in [0.5, 0.6) is 0 Å². The van der Waals surface area contributed by atoms with Crippen molar-refractivity contribution in [2.75, 3.05) is 46.2 Å². The molecule has 36 nitrogen and oxygen atoms in total. The molecule has 6 aliphatic rings. The third-order valence-electron chi connectivity index (χ3n) is 23.2. The van der Waals surface area contributed by atoms with Gasteiger partial charge in [-0.05, 0) is 19.3 Å². The van der Waals surface area contributed by atoms with Crippen molar-refractivity contribution in [3.8, 4) is 0 Å². The molecule has 118 heavy (non-hydrogen) atoms. The molecule has 6 heterocycles. The molecular weight excluding hydrogens is 1550 g/mol. The normalized spacial score (nSPS) is 35.9. The van der Waals surface area contributed by atoms with Crippen LogP contribution < -0.4 is 16.0 Å². The maximum atomic E-state index is 13.7. The summed E-state index contributed by atoms with van der Waals surface area (Å²) in [4.78, 5) is 39.5. The molecule has 0 radical (unpaired) electrons. The topological polar surface area (TPSA) is 562 Å². The Morgan fingerprint density at radius 2 is 0.669 bits per heavy atom. The molecule has 690 valence electrons. The fourth-order valence-corrected chi connectivity index (χ4v) is 16.1. The van der Waals surface area contributed by atoms with Gasteiger partial charge in [-0.2, -0.15) is 0 Å². The number of nitrogens with one attached hydrogen (secondary N) is 3. The summed E-state index contributed by atoms with van der Waals surface area (Å²) in [5, 5.41) is 208. The molecule has 6 rings (SSSR count). The van der Waals surface area contributed by atoms with Gasteiger partial charge in [0.15, 0.2) is 37.7 Å². The predicted molar refractivity (Wildman–Crippen MR) is 421 cm³/mol. The molecule has 0 aromatic rings. The summed E-state index contributed by atoms with van der Waals surface area (Å²) in [6, 6.07) is -4.67. The van der Waals surface area contributed by atoms with E-state index in [0.717, 1.165) is 65.2 Å². The van der Waals surface area contributed by atoms with E-state index in [4.69, 9.17) is 56.8 Å². The Bertz CT molecular complexity index is 2710.